The van der Waals surface area contributed by atoms with Crippen LogP contribution in [-0.2, 0) is 11.3 Å². The van der Waals surface area contributed by atoms with E-state index in [1.807, 2.05) is 0 Å². The highest BCUT2D eigenvalue weighted by molar-refractivity contribution is 5.78. The van der Waals surface area contributed by atoms with Gasteiger partial charge >= 0.3 is 0 Å². The molecular weight excluding hydrogens is 282 g/mol. The van der Waals surface area contributed by atoms with Gasteiger partial charge in [-0.2, -0.15) is 0 Å². The quantitative estimate of drug-likeness (QED) is 0.841. The molecule has 1 aliphatic rings. The van der Waals surface area contributed by atoms with Crippen LogP contribution in [0.25, 0.3) is 10.9 Å². The fraction of sp³-hybridized carbons (Fsp3) is 0.467. The van der Waals surface area contributed by atoms with Crippen LogP contribution in [0.5, 0.6) is 0 Å². The summed E-state index contributed by atoms with van der Waals surface area (Å²) in [7, 11) is 0. The van der Waals surface area contributed by atoms with Gasteiger partial charge in [0.05, 0.1) is 5.39 Å². The second kappa shape index (κ2) is 6.65. The zero-order chi connectivity index (χ0) is 15.4. The van der Waals surface area contributed by atoms with Crippen molar-refractivity contribution >= 4 is 16.8 Å². The number of rotatable bonds is 5. The van der Waals surface area contributed by atoms with Crippen LogP contribution in [-0.4, -0.2) is 52.0 Å². The summed E-state index contributed by atoms with van der Waals surface area (Å²) in [5, 5.41) is 11.1. The number of carbonyl (C=O) groups is 1. The van der Waals surface area contributed by atoms with Gasteiger partial charge in [-0.05, 0) is 38.1 Å². The normalized spacial score (nSPS) is 15.3. The predicted octanol–water partition coefficient (Wildman–Crippen LogP) is 0.00350. The molecule has 7 heteroatoms. The third-order valence-corrected chi connectivity index (χ3v) is 3.87. The lowest BCUT2D eigenvalue weighted by Gasteiger charge is -2.14. The van der Waals surface area contributed by atoms with E-state index in [4.69, 9.17) is 0 Å². The van der Waals surface area contributed by atoms with Crippen LogP contribution in [0.2, 0.25) is 0 Å². The molecule has 0 unspecified atom stereocenters. The number of likely N-dealkylation sites (tertiary alicyclic amines) is 1. The topological polar surface area (TPSA) is 80.1 Å². The van der Waals surface area contributed by atoms with E-state index < -0.39 is 0 Å². The monoisotopic (exact) mass is 301 g/mol. The molecule has 22 heavy (non-hydrogen) atoms. The lowest BCUT2D eigenvalue weighted by molar-refractivity contribution is -0.122. The van der Waals surface area contributed by atoms with E-state index in [-0.39, 0.29) is 18.0 Å². The van der Waals surface area contributed by atoms with Gasteiger partial charge in [0.25, 0.3) is 5.56 Å². The first-order chi connectivity index (χ1) is 10.7. The van der Waals surface area contributed by atoms with Crippen molar-refractivity contribution in [2.75, 3.05) is 26.2 Å². The Balaban J connectivity index is 1.59. The largest absolute Gasteiger partial charge is 0.353 e. The van der Waals surface area contributed by atoms with Crippen molar-refractivity contribution in [3.8, 4) is 0 Å². The highest BCUT2D eigenvalue weighted by Gasteiger charge is 2.12. The maximum absolute atomic E-state index is 12.2. The summed E-state index contributed by atoms with van der Waals surface area (Å²) in [4.78, 5) is 26.5. The summed E-state index contributed by atoms with van der Waals surface area (Å²) in [6.07, 6.45) is 2.46. The minimum Gasteiger partial charge on any atom is -0.353 e. The number of nitrogens with one attached hydrogen (secondary N) is 1. The van der Waals surface area contributed by atoms with Gasteiger partial charge < -0.3 is 10.2 Å². The van der Waals surface area contributed by atoms with E-state index in [1.54, 1.807) is 24.3 Å². The molecule has 0 spiro atoms. The number of aromatic nitrogens is 3. The number of nitrogens with zero attached hydrogens (tertiary/aromatic N) is 4. The molecule has 1 N–H and O–H groups in total. The van der Waals surface area contributed by atoms with E-state index in [1.165, 1.54) is 12.8 Å². The number of hydrogen-bond acceptors (Lipinski definition) is 5. The Kier molecular flexibility index (Phi) is 4.43. The van der Waals surface area contributed by atoms with Crippen LogP contribution in [0, 0.1) is 0 Å². The average Bonchev–Trinajstić information content (AvgIpc) is 3.04. The number of hydrogen-bond donors (Lipinski definition) is 1. The van der Waals surface area contributed by atoms with Crippen molar-refractivity contribution in [1.29, 1.82) is 0 Å². The first kappa shape index (κ1) is 14.6. The van der Waals surface area contributed by atoms with E-state index in [0.717, 1.165) is 24.3 Å². The molecule has 1 amide bonds. The Morgan fingerprint density at radius 3 is 2.82 bits per heavy atom. The van der Waals surface area contributed by atoms with Crippen molar-refractivity contribution in [2.24, 2.45) is 0 Å². The SMILES string of the molecule is O=C(Cn1nnc2ccccc2c1=O)NCCN1CCCC1. The molecule has 1 aliphatic heterocycles. The first-order valence-electron chi connectivity index (χ1n) is 7.55. The van der Waals surface area contributed by atoms with Crippen LogP contribution in [0.3, 0.4) is 0 Å². The lowest BCUT2D eigenvalue weighted by Crippen LogP contribution is -2.38. The van der Waals surface area contributed by atoms with Gasteiger partial charge in [0, 0.05) is 13.1 Å². The zero-order valence-corrected chi connectivity index (χ0v) is 12.4. The molecule has 3 rings (SSSR count). The van der Waals surface area contributed by atoms with Crippen molar-refractivity contribution in [3.63, 3.8) is 0 Å². The molecule has 1 saturated heterocycles. The molecule has 0 atom stereocenters. The molecule has 116 valence electrons. The van der Waals surface area contributed by atoms with Gasteiger partial charge in [-0.1, -0.05) is 17.3 Å². The van der Waals surface area contributed by atoms with Crippen LogP contribution >= 0.6 is 0 Å². The van der Waals surface area contributed by atoms with Crippen molar-refractivity contribution in [3.05, 3.63) is 34.6 Å². The third kappa shape index (κ3) is 3.30. The first-order valence-corrected chi connectivity index (χ1v) is 7.55. The van der Waals surface area contributed by atoms with Crippen molar-refractivity contribution in [1.82, 2.24) is 25.2 Å². The molecule has 0 aliphatic carbocycles. The predicted molar refractivity (Wildman–Crippen MR) is 82.5 cm³/mol. The third-order valence-electron chi connectivity index (χ3n) is 3.87. The summed E-state index contributed by atoms with van der Waals surface area (Å²) < 4.78 is 1.10. The Hall–Kier alpha value is -2.28. The minimum atomic E-state index is -0.291. The van der Waals surface area contributed by atoms with E-state index in [0.29, 0.717) is 17.4 Å². The number of fused-ring (bicyclic) bond motifs is 1. The van der Waals surface area contributed by atoms with E-state index in [2.05, 4.69) is 20.5 Å². The van der Waals surface area contributed by atoms with Gasteiger partial charge in [-0.3, -0.25) is 9.59 Å². The second-order valence-electron chi connectivity index (χ2n) is 5.47. The van der Waals surface area contributed by atoms with Crippen LogP contribution in [0.1, 0.15) is 12.8 Å². The summed E-state index contributed by atoms with van der Waals surface area (Å²) in [6, 6.07) is 6.98. The number of benzene rings is 1. The Morgan fingerprint density at radius 2 is 2.00 bits per heavy atom. The van der Waals surface area contributed by atoms with Gasteiger partial charge in [-0.25, -0.2) is 4.68 Å². The highest BCUT2D eigenvalue weighted by atomic mass is 16.2. The number of amides is 1. The van der Waals surface area contributed by atoms with Gasteiger partial charge in [-0.15, -0.1) is 5.10 Å². The van der Waals surface area contributed by atoms with Crippen molar-refractivity contribution in [2.45, 2.75) is 19.4 Å². The molecule has 0 bridgehead atoms. The van der Waals surface area contributed by atoms with E-state index in [9.17, 15) is 9.59 Å². The van der Waals surface area contributed by atoms with Gasteiger partial charge in [0.2, 0.25) is 5.91 Å². The summed E-state index contributed by atoms with van der Waals surface area (Å²) in [6.45, 7) is 3.55. The highest BCUT2D eigenvalue weighted by Crippen LogP contribution is 2.05. The smallest absolute Gasteiger partial charge is 0.278 e. The molecule has 1 fully saturated rings. The van der Waals surface area contributed by atoms with Crippen LogP contribution < -0.4 is 10.9 Å². The molecule has 1 aromatic carbocycles. The average molecular weight is 301 g/mol. The fourth-order valence-electron chi connectivity index (χ4n) is 2.68. The Bertz CT molecular complexity index is 721. The molecular formula is C15H19N5O2. The van der Waals surface area contributed by atoms with Crippen LogP contribution in [0.4, 0.5) is 0 Å². The lowest BCUT2D eigenvalue weighted by atomic mass is 10.2. The second-order valence-corrected chi connectivity index (χ2v) is 5.47. The maximum Gasteiger partial charge on any atom is 0.278 e. The Labute approximate surface area is 127 Å². The Morgan fingerprint density at radius 1 is 1.23 bits per heavy atom. The standard InChI is InChI=1S/C15H19N5O2/c21-14(16-7-10-19-8-3-4-9-19)11-20-15(22)12-5-1-2-6-13(12)17-18-20/h1-2,5-6H,3-4,7-11H2,(H,16,21). The summed E-state index contributed by atoms with van der Waals surface area (Å²) in [5.74, 6) is -0.217. The summed E-state index contributed by atoms with van der Waals surface area (Å²) in [5.41, 5.74) is 0.249. The van der Waals surface area contributed by atoms with Crippen molar-refractivity contribution < 1.29 is 4.79 Å². The maximum atomic E-state index is 12.2. The zero-order valence-electron chi connectivity index (χ0n) is 12.4. The van der Waals surface area contributed by atoms with E-state index >= 15 is 0 Å². The minimum absolute atomic E-state index is 0.101. The fourth-order valence-corrected chi connectivity index (χ4v) is 2.68. The summed E-state index contributed by atoms with van der Waals surface area (Å²) >= 11 is 0. The molecule has 7 nitrogen and oxygen atoms in total. The molecule has 1 aromatic heterocycles. The van der Waals surface area contributed by atoms with Gasteiger partial charge in [0.1, 0.15) is 12.1 Å². The molecule has 0 saturated carbocycles. The molecule has 2 aromatic rings. The molecule has 0 radical (unpaired) electrons. The number of carbonyl (C=O) groups excluding carboxylic acids is 1. The van der Waals surface area contributed by atoms with Gasteiger partial charge in [0.15, 0.2) is 0 Å². The van der Waals surface area contributed by atoms with Crippen LogP contribution in [0.15, 0.2) is 29.1 Å². The molecule has 2 heterocycles.